The monoisotopic (exact) mass is 384 g/mol. The lowest BCUT2D eigenvalue weighted by Gasteiger charge is -2.36. The van der Waals surface area contributed by atoms with Gasteiger partial charge in [-0.15, -0.1) is 0 Å². The Balaban J connectivity index is 1.46. The number of amides is 2. The van der Waals surface area contributed by atoms with Crippen LogP contribution in [0.1, 0.15) is 5.56 Å². The maximum atomic E-state index is 12.5. The van der Waals surface area contributed by atoms with Gasteiger partial charge in [0.1, 0.15) is 0 Å². The van der Waals surface area contributed by atoms with Crippen molar-refractivity contribution < 1.29 is 19.4 Å². The van der Waals surface area contributed by atoms with Crippen molar-refractivity contribution >= 4 is 17.7 Å². The molecule has 28 heavy (non-hydrogen) atoms. The molecule has 1 atom stereocenters. The number of aliphatic carboxylic acids is 1. The number of aromatic nitrogens is 1. The van der Waals surface area contributed by atoms with Gasteiger partial charge in [-0.3, -0.25) is 4.98 Å². The van der Waals surface area contributed by atoms with Gasteiger partial charge in [-0.2, -0.15) is 0 Å². The summed E-state index contributed by atoms with van der Waals surface area (Å²) < 4.78 is 5.48. The molecule has 1 aliphatic rings. The number of carboxylic acid groups (broad SMARTS) is 1. The van der Waals surface area contributed by atoms with Crippen molar-refractivity contribution in [3.63, 3.8) is 0 Å². The Morgan fingerprint density at radius 2 is 1.86 bits per heavy atom. The second kappa shape index (κ2) is 9.70. The minimum absolute atomic E-state index is 0.0916. The molecule has 1 aliphatic heterocycles. The number of benzene rings is 1. The zero-order valence-corrected chi connectivity index (χ0v) is 15.5. The molecule has 1 saturated heterocycles. The smallest absolute Gasteiger partial charge is 0.328 e. The van der Waals surface area contributed by atoms with Crippen molar-refractivity contribution in [1.82, 2.24) is 15.2 Å². The first-order valence-electron chi connectivity index (χ1n) is 9.18. The number of rotatable bonds is 7. The highest BCUT2D eigenvalue weighted by Crippen LogP contribution is 2.14. The molecule has 0 bridgehead atoms. The first-order valence-corrected chi connectivity index (χ1v) is 9.18. The SMILES string of the molecule is O=C(O)[C@H](COCc1ccccc1)NC(=O)N1CCN(c2cccnc2)CC1. The second-order valence-corrected chi connectivity index (χ2v) is 6.53. The van der Waals surface area contributed by atoms with Gasteiger partial charge in [0.05, 0.1) is 25.1 Å². The van der Waals surface area contributed by atoms with Gasteiger partial charge >= 0.3 is 12.0 Å². The van der Waals surface area contributed by atoms with Gasteiger partial charge in [0.2, 0.25) is 0 Å². The highest BCUT2D eigenvalue weighted by Gasteiger charge is 2.26. The van der Waals surface area contributed by atoms with Crippen LogP contribution in [0.2, 0.25) is 0 Å². The van der Waals surface area contributed by atoms with Crippen molar-refractivity contribution in [2.24, 2.45) is 0 Å². The lowest BCUT2D eigenvalue weighted by molar-refractivity contribution is -0.141. The van der Waals surface area contributed by atoms with E-state index in [2.05, 4.69) is 15.2 Å². The van der Waals surface area contributed by atoms with Crippen LogP contribution in [0, 0.1) is 0 Å². The van der Waals surface area contributed by atoms with E-state index >= 15 is 0 Å². The molecule has 0 spiro atoms. The summed E-state index contributed by atoms with van der Waals surface area (Å²) in [5, 5.41) is 11.9. The maximum absolute atomic E-state index is 12.5. The molecule has 2 amide bonds. The number of pyridine rings is 1. The van der Waals surface area contributed by atoms with Gasteiger partial charge in [0, 0.05) is 32.4 Å². The van der Waals surface area contributed by atoms with Crippen molar-refractivity contribution in [2.75, 3.05) is 37.7 Å². The summed E-state index contributed by atoms with van der Waals surface area (Å²) in [6.07, 6.45) is 3.51. The number of nitrogens with zero attached hydrogens (tertiary/aromatic N) is 3. The number of hydrogen-bond donors (Lipinski definition) is 2. The molecular weight excluding hydrogens is 360 g/mol. The van der Waals surface area contributed by atoms with Crippen LogP contribution in [0.4, 0.5) is 10.5 Å². The standard InChI is InChI=1S/C20H24N4O4/c25-19(26)18(15-28-14-16-5-2-1-3-6-16)22-20(27)24-11-9-23(10-12-24)17-7-4-8-21-13-17/h1-8,13,18H,9-12,14-15H2,(H,22,27)(H,25,26)/t18-/m0/s1. The third kappa shape index (κ3) is 5.43. The van der Waals surface area contributed by atoms with Crippen LogP contribution in [-0.4, -0.2) is 65.8 Å². The van der Waals surface area contributed by atoms with Crippen molar-refractivity contribution in [3.8, 4) is 0 Å². The molecule has 8 heteroatoms. The molecule has 148 valence electrons. The molecule has 1 aromatic heterocycles. The van der Waals surface area contributed by atoms with Gasteiger partial charge in [-0.05, 0) is 17.7 Å². The van der Waals surface area contributed by atoms with E-state index in [0.717, 1.165) is 11.3 Å². The van der Waals surface area contributed by atoms with Crippen LogP contribution in [0.5, 0.6) is 0 Å². The molecule has 1 aromatic carbocycles. The van der Waals surface area contributed by atoms with E-state index in [1.165, 1.54) is 0 Å². The lowest BCUT2D eigenvalue weighted by Crippen LogP contribution is -2.55. The zero-order chi connectivity index (χ0) is 19.8. The number of anilines is 1. The van der Waals surface area contributed by atoms with Crippen LogP contribution < -0.4 is 10.2 Å². The molecule has 0 aliphatic carbocycles. The molecule has 0 saturated carbocycles. The normalized spacial score (nSPS) is 15.1. The average Bonchev–Trinajstić information content (AvgIpc) is 2.74. The molecule has 2 heterocycles. The van der Waals surface area contributed by atoms with Crippen molar-refractivity contribution in [1.29, 1.82) is 0 Å². The summed E-state index contributed by atoms with van der Waals surface area (Å²) in [5.74, 6) is -1.12. The summed E-state index contributed by atoms with van der Waals surface area (Å²) in [4.78, 5) is 31.8. The van der Waals surface area contributed by atoms with E-state index in [1.807, 2.05) is 42.5 Å². The van der Waals surface area contributed by atoms with Gasteiger partial charge < -0.3 is 25.0 Å². The highest BCUT2D eigenvalue weighted by molar-refractivity contribution is 5.82. The van der Waals surface area contributed by atoms with Crippen LogP contribution in [0.3, 0.4) is 0 Å². The van der Waals surface area contributed by atoms with Crippen molar-refractivity contribution in [2.45, 2.75) is 12.6 Å². The van der Waals surface area contributed by atoms with Gasteiger partial charge in [0.25, 0.3) is 0 Å². The molecule has 0 unspecified atom stereocenters. The van der Waals surface area contributed by atoms with E-state index in [9.17, 15) is 14.7 Å². The van der Waals surface area contributed by atoms with E-state index in [1.54, 1.807) is 17.3 Å². The van der Waals surface area contributed by atoms with Crippen molar-refractivity contribution in [3.05, 3.63) is 60.4 Å². The van der Waals surface area contributed by atoms with Crippen LogP contribution in [0.15, 0.2) is 54.9 Å². The third-order valence-corrected chi connectivity index (χ3v) is 4.57. The molecule has 8 nitrogen and oxygen atoms in total. The predicted octanol–water partition coefficient (Wildman–Crippen LogP) is 1.58. The van der Waals surface area contributed by atoms with Gasteiger partial charge in [-0.25, -0.2) is 9.59 Å². The fourth-order valence-corrected chi connectivity index (χ4v) is 2.99. The van der Waals surface area contributed by atoms with E-state index in [4.69, 9.17) is 4.74 Å². The fourth-order valence-electron chi connectivity index (χ4n) is 2.99. The minimum Gasteiger partial charge on any atom is -0.480 e. The summed E-state index contributed by atoms with van der Waals surface area (Å²) >= 11 is 0. The zero-order valence-electron chi connectivity index (χ0n) is 15.5. The maximum Gasteiger partial charge on any atom is 0.328 e. The third-order valence-electron chi connectivity index (χ3n) is 4.57. The summed E-state index contributed by atoms with van der Waals surface area (Å²) in [5.41, 5.74) is 1.96. The molecular formula is C20H24N4O4. The van der Waals surface area contributed by atoms with Crippen LogP contribution in [-0.2, 0) is 16.1 Å². The van der Waals surface area contributed by atoms with Gasteiger partial charge in [0.15, 0.2) is 6.04 Å². The molecule has 2 aromatic rings. The summed E-state index contributed by atoms with van der Waals surface area (Å²) in [6.45, 7) is 2.56. The summed E-state index contributed by atoms with van der Waals surface area (Å²) in [7, 11) is 0. The van der Waals surface area contributed by atoms with Crippen LogP contribution >= 0.6 is 0 Å². The number of carboxylic acids is 1. The molecule has 0 radical (unpaired) electrons. The number of nitrogens with one attached hydrogen (secondary N) is 1. The average molecular weight is 384 g/mol. The first kappa shape index (κ1) is 19.6. The Kier molecular flexibility index (Phi) is 6.80. The van der Waals surface area contributed by atoms with Gasteiger partial charge in [-0.1, -0.05) is 30.3 Å². The molecule has 3 rings (SSSR count). The second-order valence-electron chi connectivity index (χ2n) is 6.53. The fraction of sp³-hybridized carbons (Fsp3) is 0.350. The molecule has 2 N–H and O–H groups in total. The Hall–Kier alpha value is -3.13. The number of carbonyl (C=O) groups excluding carboxylic acids is 1. The van der Waals surface area contributed by atoms with Crippen LogP contribution in [0.25, 0.3) is 0 Å². The van der Waals surface area contributed by atoms with E-state index in [-0.39, 0.29) is 12.6 Å². The summed E-state index contributed by atoms with van der Waals surface area (Å²) in [6, 6.07) is 11.9. The largest absolute Gasteiger partial charge is 0.480 e. The Morgan fingerprint density at radius 3 is 2.50 bits per heavy atom. The minimum atomic E-state index is -1.12. The topological polar surface area (TPSA) is 95.0 Å². The van der Waals surface area contributed by atoms with E-state index < -0.39 is 12.0 Å². The number of hydrogen-bond acceptors (Lipinski definition) is 5. The number of urea groups is 1. The Labute approximate surface area is 163 Å². The van der Waals surface area contributed by atoms with E-state index in [0.29, 0.717) is 32.8 Å². The quantitative estimate of drug-likeness (QED) is 0.753. The number of piperazine rings is 1. The Morgan fingerprint density at radius 1 is 1.11 bits per heavy atom. The lowest BCUT2D eigenvalue weighted by atomic mass is 10.2. The highest BCUT2D eigenvalue weighted by atomic mass is 16.5. The first-order chi connectivity index (χ1) is 13.6. The predicted molar refractivity (Wildman–Crippen MR) is 104 cm³/mol. The Bertz CT molecular complexity index is 764. The number of carbonyl (C=O) groups is 2. The number of ether oxygens (including phenoxy) is 1. The molecule has 1 fully saturated rings.